The molecule has 1 aliphatic heterocycles. The quantitative estimate of drug-likeness (QED) is 0.756. The fourth-order valence-electron chi connectivity index (χ4n) is 3.38. The lowest BCUT2D eigenvalue weighted by molar-refractivity contribution is 0.172. The maximum Gasteiger partial charge on any atom is 0.0991 e. The van der Waals surface area contributed by atoms with Gasteiger partial charge in [0.1, 0.15) is 0 Å². The molecule has 1 aliphatic rings. The predicted molar refractivity (Wildman–Crippen MR) is 104 cm³/mol. The zero-order valence-corrected chi connectivity index (χ0v) is 14.9. The highest BCUT2D eigenvalue weighted by Gasteiger charge is 2.30. The second-order valence-electron chi connectivity index (χ2n) is 6.75. The van der Waals surface area contributed by atoms with Gasteiger partial charge in [-0.05, 0) is 29.7 Å². The summed E-state index contributed by atoms with van der Waals surface area (Å²) in [5.41, 5.74) is 3.05. The summed E-state index contributed by atoms with van der Waals surface area (Å²) >= 11 is 0. The van der Waals surface area contributed by atoms with Crippen LogP contribution < -0.4 is 5.32 Å². The Balaban J connectivity index is 1.45. The molecule has 0 bridgehead atoms. The molecule has 4 heteroatoms. The summed E-state index contributed by atoms with van der Waals surface area (Å²) < 4.78 is 0. The van der Waals surface area contributed by atoms with E-state index in [1.807, 2.05) is 30.3 Å². The molecule has 0 saturated carbocycles. The van der Waals surface area contributed by atoms with E-state index in [-0.39, 0.29) is 6.10 Å². The molecule has 1 heterocycles. The van der Waals surface area contributed by atoms with Crippen molar-refractivity contribution in [3.8, 4) is 6.07 Å². The van der Waals surface area contributed by atoms with Crippen LogP contribution in [0.4, 0.5) is 0 Å². The highest BCUT2D eigenvalue weighted by molar-refractivity contribution is 5.51. The Morgan fingerprint density at radius 1 is 1.15 bits per heavy atom. The maximum atomic E-state index is 10.0. The first-order valence-electron chi connectivity index (χ1n) is 9.08. The van der Waals surface area contributed by atoms with Crippen molar-refractivity contribution in [2.24, 2.45) is 0 Å². The van der Waals surface area contributed by atoms with E-state index in [1.165, 1.54) is 5.56 Å². The molecular formula is C22H25N3O. The lowest BCUT2D eigenvalue weighted by atomic mass is 10.1. The summed E-state index contributed by atoms with van der Waals surface area (Å²) in [7, 11) is 0. The zero-order valence-electron chi connectivity index (χ0n) is 14.9. The Morgan fingerprint density at radius 3 is 2.65 bits per heavy atom. The molecule has 2 unspecified atom stereocenters. The Bertz CT molecular complexity index is 749. The highest BCUT2D eigenvalue weighted by Crippen LogP contribution is 2.20. The number of aliphatic hydroxyl groups excluding tert-OH is 1. The molecule has 2 aromatic carbocycles. The molecule has 2 N–H and O–H groups in total. The molecule has 3 rings (SSSR count). The minimum absolute atomic E-state index is 0.236. The standard InChI is InChI=1S/C22H25N3O/c23-14-19-10-8-18(9-11-19)7-4-12-24-15-21-13-22(26)17-25(21)16-20-5-2-1-3-6-20/h1-11,21-22,24,26H,12-13,15-17H2/b7-4+. The summed E-state index contributed by atoms with van der Waals surface area (Å²) in [5.74, 6) is 0. The van der Waals surface area contributed by atoms with Crippen molar-refractivity contribution in [3.05, 3.63) is 77.4 Å². The smallest absolute Gasteiger partial charge is 0.0991 e. The lowest BCUT2D eigenvalue weighted by Gasteiger charge is -2.24. The van der Waals surface area contributed by atoms with Gasteiger partial charge in [0.25, 0.3) is 0 Å². The third-order valence-corrected chi connectivity index (χ3v) is 4.73. The Kier molecular flexibility index (Phi) is 6.56. The largest absolute Gasteiger partial charge is 0.392 e. The van der Waals surface area contributed by atoms with Crippen LogP contribution in [0.1, 0.15) is 23.1 Å². The zero-order chi connectivity index (χ0) is 18.2. The molecule has 2 aromatic rings. The van der Waals surface area contributed by atoms with Crippen LogP contribution in [0.5, 0.6) is 0 Å². The van der Waals surface area contributed by atoms with Crippen molar-refractivity contribution in [2.45, 2.75) is 25.1 Å². The number of hydrogen-bond acceptors (Lipinski definition) is 4. The molecule has 4 nitrogen and oxygen atoms in total. The van der Waals surface area contributed by atoms with Gasteiger partial charge in [0.05, 0.1) is 17.7 Å². The Labute approximate surface area is 155 Å². The lowest BCUT2D eigenvalue weighted by Crippen LogP contribution is -2.37. The third kappa shape index (κ3) is 5.27. The summed E-state index contributed by atoms with van der Waals surface area (Å²) in [5, 5.41) is 22.3. The van der Waals surface area contributed by atoms with Crippen molar-refractivity contribution in [1.82, 2.24) is 10.2 Å². The maximum absolute atomic E-state index is 10.0. The van der Waals surface area contributed by atoms with Crippen LogP contribution in [-0.4, -0.2) is 41.8 Å². The fraction of sp³-hybridized carbons (Fsp3) is 0.318. The molecule has 26 heavy (non-hydrogen) atoms. The summed E-state index contributed by atoms with van der Waals surface area (Å²) in [6.45, 7) is 3.26. The van der Waals surface area contributed by atoms with Gasteiger partial charge in [0, 0.05) is 32.2 Å². The van der Waals surface area contributed by atoms with Crippen LogP contribution in [0.2, 0.25) is 0 Å². The minimum Gasteiger partial charge on any atom is -0.392 e. The van der Waals surface area contributed by atoms with Gasteiger partial charge < -0.3 is 10.4 Å². The topological polar surface area (TPSA) is 59.3 Å². The number of likely N-dealkylation sites (tertiary alicyclic amines) is 1. The Hall–Kier alpha value is -2.45. The van der Waals surface area contributed by atoms with Crippen molar-refractivity contribution < 1.29 is 5.11 Å². The van der Waals surface area contributed by atoms with Crippen LogP contribution in [0.25, 0.3) is 6.08 Å². The number of nitrogens with one attached hydrogen (secondary N) is 1. The number of β-amino-alcohol motifs (C(OH)–C–C–N with tert-alkyl or cyclic N) is 1. The van der Waals surface area contributed by atoms with Gasteiger partial charge in [0.15, 0.2) is 0 Å². The van der Waals surface area contributed by atoms with E-state index < -0.39 is 0 Å². The molecule has 1 fully saturated rings. The Morgan fingerprint density at radius 2 is 1.92 bits per heavy atom. The van der Waals surface area contributed by atoms with E-state index >= 15 is 0 Å². The summed E-state index contributed by atoms with van der Waals surface area (Å²) in [4.78, 5) is 2.36. The molecule has 1 saturated heterocycles. The average Bonchev–Trinajstić information content (AvgIpc) is 3.02. The number of benzene rings is 2. The van der Waals surface area contributed by atoms with Crippen LogP contribution in [0.15, 0.2) is 60.7 Å². The highest BCUT2D eigenvalue weighted by atomic mass is 16.3. The van der Waals surface area contributed by atoms with Gasteiger partial charge in [-0.1, -0.05) is 54.6 Å². The van der Waals surface area contributed by atoms with Crippen molar-refractivity contribution in [1.29, 1.82) is 5.26 Å². The molecule has 0 aromatic heterocycles. The van der Waals surface area contributed by atoms with Crippen LogP contribution in [0, 0.1) is 11.3 Å². The first kappa shape index (κ1) is 18.3. The predicted octanol–water partition coefficient (Wildman–Crippen LogP) is 2.80. The van der Waals surface area contributed by atoms with Gasteiger partial charge in [-0.25, -0.2) is 0 Å². The second-order valence-corrected chi connectivity index (χ2v) is 6.75. The van der Waals surface area contributed by atoms with E-state index in [9.17, 15) is 5.11 Å². The third-order valence-electron chi connectivity index (χ3n) is 4.73. The van der Waals surface area contributed by atoms with Crippen molar-refractivity contribution in [3.63, 3.8) is 0 Å². The number of aliphatic hydroxyl groups is 1. The van der Waals surface area contributed by atoms with E-state index in [0.717, 1.165) is 38.2 Å². The van der Waals surface area contributed by atoms with Gasteiger partial charge in [-0.15, -0.1) is 0 Å². The van der Waals surface area contributed by atoms with Crippen LogP contribution in [-0.2, 0) is 6.54 Å². The normalized spacial score (nSPS) is 20.5. The van der Waals surface area contributed by atoms with E-state index in [1.54, 1.807) is 0 Å². The molecule has 2 atom stereocenters. The van der Waals surface area contributed by atoms with Crippen LogP contribution >= 0.6 is 0 Å². The molecule has 0 radical (unpaired) electrons. The van der Waals surface area contributed by atoms with Crippen molar-refractivity contribution >= 4 is 6.08 Å². The van der Waals surface area contributed by atoms with Gasteiger partial charge in [0.2, 0.25) is 0 Å². The number of nitriles is 1. The number of nitrogens with zero attached hydrogens (tertiary/aromatic N) is 2. The van der Waals surface area contributed by atoms with Gasteiger partial charge in [-0.2, -0.15) is 5.26 Å². The first-order valence-corrected chi connectivity index (χ1v) is 9.08. The number of hydrogen-bond donors (Lipinski definition) is 2. The molecule has 0 spiro atoms. The molecule has 134 valence electrons. The minimum atomic E-state index is -0.236. The molecule has 0 amide bonds. The van der Waals surface area contributed by atoms with Gasteiger partial charge >= 0.3 is 0 Å². The fourth-order valence-corrected chi connectivity index (χ4v) is 3.38. The van der Waals surface area contributed by atoms with E-state index in [0.29, 0.717) is 11.6 Å². The number of rotatable bonds is 7. The summed E-state index contributed by atoms with van der Waals surface area (Å²) in [6, 6.07) is 20.4. The van der Waals surface area contributed by atoms with Crippen molar-refractivity contribution in [2.75, 3.05) is 19.6 Å². The van der Waals surface area contributed by atoms with Gasteiger partial charge in [-0.3, -0.25) is 4.90 Å². The molecular weight excluding hydrogens is 322 g/mol. The first-order chi connectivity index (χ1) is 12.7. The molecule has 0 aliphatic carbocycles. The average molecular weight is 347 g/mol. The monoisotopic (exact) mass is 347 g/mol. The van der Waals surface area contributed by atoms with E-state index in [2.05, 4.69) is 52.7 Å². The van der Waals surface area contributed by atoms with Crippen LogP contribution in [0.3, 0.4) is 0 Å². The summed E-state index contributed by atoms with van der Waals surface area (Å²) in [6.07, 6.45) is 4.73. The van der Waals surface area contributed by atoms with E-state index in [4.69, 9.17) is 5.26 Å². The SMILES string of the molecule is N#Cc1ccc(/C=C/CNCC2CC(O)CN2Cc2ccccc2)cc1. The second kappa shape index (κ2) is 9.30.